The number of piperidine rings is 1. The van der Waals surface area contributed by atoms with Crippen LogP contribution >= 0.6 is 0 Å². The number of carbonyl (C=O) groups is 1. The summed E-state index contributed by atoms with van der Waals surface area (Å²) in [5.41, 5.74) is 0. The Morgan fingerprint density at radius 1 is 1.64 bits per heavy atom. The lowest BCUT2D eigenvalue weighted by molar-refractivity contribution is -0.136. The van der Waals surface area contributed by atoms with Crippen molar-refractivity contribution in [2.24, 2.45) is 0 Å². The minimum Gasteiger partial charge on any atom is -0.359 e. The molecule has 0 N–H and O–H groups in total. The van der Waals surface area contributed by atoms with Crippen LogP contribution in [-0.4, -0.2) is 30.7 Å². The quantitative estimate of drug-likeness (QED) is 0.572. The van der Waals surface area contributed by atoms with Crippen LogP contribution in [0.3, 0.4) is 0 Å². The molecule has 1 fully saturated rings. The van der Waals surface area contributed by atoms with Crippen molar-refractivity contribution in [1.29, 1.82) is 0 Å². The number of rotatable bonds is 3. The average molecular weight is 157 g/mol. The first-order valence-corrected chi connectivity index (χ1v) is 4.21. The molecule has 3 heteroatoms. The van der Waals surface area contributed by atoms with Crippen LogP contribution in [0.25, 0.3) is 0 Å². The maximum absolute atomic E-state index is 10.5. The Morgan fingerprint density at radius 3 is 3.09 bits per heavy atom. The Morgan fingerprint density at radius 2 is 2.45 bits per heavy atom. The summed E-state index contributed by atoms with van der Waals surface area (Å²) in [7, 11) is 0. The lowest BCUT2D eigenvalue weighted by atomic mass is 10.1. The van der Waals surface area contributed by atoms with Gasteiger partial charge in [0.1, 0.15) is 6.23 Å². The molecular weight excluding hydrogens is 142 g/mol. The number of hydrogen-bond donors (Lipinski definition) is 0. The van der Waals surface area contributed by atoms with Crippen molar-refractivity contribution >= 4 is 6.41 Å². The van der Waals surface area contributed by atoms with Gasteiger partial charge in [-0.3, -0.25) is 4.79 Å². The number of ether oxygens (including phenoxy) is 1. The second kappa shape index (κ2) is 4.34. The number of carbonyl (C=O) groups excluding carboxylic acids is 1. The lowest BCUT2D eigenvalue weighted by Crippen LogP contribution is -2.40. The summed E-state index contributed by atoms with van der Waals surface area (Å²) >= 11 is 0. The van der Waals surface area contributed by atoms with Gasteiger partial charge >= 0.3 is 0 Å². The molecular formula is C8H15NO2. The summed E-state index contributed by atoms with van der Waals surface area (Å²) in [5, 5.41) is 0. The molecule has 0 aromatic heterocycles. The lowest BCUT2D eigenvalue weighted by Gasteiger charge is -2.31. The summed E-state index contributed by atoms with van der Waals surface area (Å²) in [6.07, 6.45) is 4.22. The van der Waals surface area contributed by atoms with Crippen LogP contribution in [0, 0.1) is 0 Å². The molecule has 64 valence electrons. The van der Waals surface area contributed by atoms with Gasteiger partial charge in [-0.1, -0.05) is 0 Å². The van der Waals surface area contributed by atoms with Gasteiger partial charge in [-0.25, -0.2) is 0 Å². The van der Waals surface area contributed by atoms with Gasteiger partial charge in [0.25, 0.3) is 0 Å². The van der Waals surface area contributed by atoms with Crippen molar-refractivity contribution < 1.29 is 9.53 Å². The molecule has 1 amide bonds. The first-order valence-electron chi connectivity index (χ1n) is 4.21. The molecule has 0 aliphatic carbocycles. The summed E-state index contributed by atoms with van der Waals surface area (Å²) in [6, 6.07) is 0. The van der Waals surface area contributed by atoms with Crippen LogP contribution in [0.1, 0.15) is 26.2 Å². The maximum Gasteiger partial charge on any atom is 0.211 e. The van der Waals surface area contributed by atoms with E-state index >= 15 is 0 Å². The molecule has 1 atom stereocenters. The summed E-state index contributed by atoms with van der Waals surface area (Å²) in [6.45, 7) is 3.50. The molecule has 11 heavy (non-hydrogen) atoms. The molecule has 0 saturated carbocycles. The first-order chi connectivity index (χ1) is 5.38. The number of likely N-dealkylation sites (tertiary alicyclic amines) is 1. The van der Waals surface area contributed by atoms with E-state index in [1.165, 1.54) is 6.42 Å². The van der Waals surface area contributed by atoms with E-state index in [1.54, 1.807) is 4.90 Å². The van der Waals surface area contributed by atoms with Gasteiger partial charge in [-0.2, -0.15) is 0 Å². The van der Waals surface area contributed by atoms with E-state index in [0.717, 1.165) is 25.8 Å². The Kier molecular flexibility index (Phi) is 3.36. The van der Waals surface area contributed by atoms with Crippen molar-refractivity contribution in [1.82, 2.24) is 4.90 Å². The van der Waals surface area contributed by atoms with E-state index in [9.17, 15) is 4.79 Å². The highest BCUT2D eigenvalue weighted by Crippen LogP contribution is 2.15. The largest absolute Gasteiger partial charge is 0.359 e. The zero-order valence-electron chi connectivity index (χ0n) is 6.95. The summed E-state index contributed by atoms with van der Waals surface area (Å²) in [4.78, 5) is 12.2. The number of hydrogen-bond acceptors (Lipinski definition) is 2. The molecule has 1 unspecified atom stereocenters. The molecule has 0 bridgehead atoms. The Bertz CT molecular complexity index is 125. The third-order valence-corrected chi connectivity index (χ3v) is 1.98. The minimum absolute atomic E-state index is 0.0475. The van der Waals surface area contributed by atoms with Crippen molar-refractivity contribution in [2.45, 2.75) is 32.4 Å². The zero-order valence-corrected chi connectivity index (χ0v) is 6.95. The van der Waals surface area contributed by atoms with Crippen LogP contribution in [-0.2, 0) is 9.53 Å². The summed E-state index contributed by atoms with van der Waals surface area (Å²) in [5.74, 6) is 0. The second-order valence-electron chi connectivity index (χ2n) is 2.75. The monoisotopic (exact) mass is 157 g/mol. The van der Waals surface area contributed by atoms with Crippen molar-refractivity contribution in [2.75, 3.05) is 13.2 Å². The highest BCUT2D eigenvalue weighted by Gasteiger charge is 2.20. The predicted octanol–water partition coefficient (Wildman–Crippen LogP) is 0.991. The standard InChI is InChI=1S/C8H15NO2/c1-2-11-8-5-3-4-6-9(8)7-10/h7-8H,2-6H2,1H3. The molecule has 1 aliphatic rings. The normalized spacial score (nSPS) is 25.2. The first kappa shape index (κ1) is 8.53. The van der Waals surface area contributed by atoms with Crippen molar-refractivity contribution in [3.63, 3.8) is 0 Å². The smallest absolute Gasteiger partial charge is 0.211 e. The van der Waals surface area contributed by atoms with Gasteiger partial charge in [0.15, 0.2) is 0 Å². The molecule has 1 rings (SSSR count). The third kappa shape index (κ3) is 2.19. The van der Waals surface area contributed by atoms with Crippen molar-refractivity contribution in [3.05, 3.63) is 0 Å². The van der Waals surface area contributed by atoms with Gasteiger partial charge in [0.05, 0.1) is 0 Å². The topological polar surface area (TPSA) is 29.5 Å². The fraction of sp³-hybridized carbons (Fsp3) is 0.875. The Hall–Kier alpha value is -0.570. The van der Waals surface area contributed by atoms with Gasteiger partial charge in [0.2, 0.25) is 6.41 Å². The van der Waals surface area contributed by atoms with E-state index in [4.69, 9.17) is 4.74 Å². The van der Waals surface area contributed by atoms with Crippen LogP contribution in [0.2, 0.25) is 0 Å². The number of amides is 1. The average Bonchev–Trinajstić information content (AvgIpc) is 2.06. The van der Waals surface area contributed by atoms with E-state index in [0.29, 0.717) is 6.61 Å². The molecule has 1 aliphatic heterocycles. The van der Waals surface area contributed by atoms with E-state index < -0.39 is 0 Å². The maximum atomic E-state index is 10.5. The highest BCUT2D eigenvalue weighted by atomic mass is 16.5. The molecule has 0 radical (unpaired) electrons. The third-order valence-electron chi connectivity index (χ3n) is 1.98. The van der Waals surface area contributed by atoms with E-state index in [2.05, 4.69) is 0 Å². The fourth-order valence-corrected chi connectivity index (χ4v) is 1.42. The van der Waals surface area contributed by atoms with Crippen LogP contribution < -0.4 is 0 Å². The van der Waals surface area contributed by atoms with Gasteiger partial charge in [0, 0.05) is 13.2 Å². The van der Waals surface area contributed by atoms with Crippen LogP contribution in [0.5, 0.6) is 0 Å². The Labute approximate surface area is 67.3 Å². The van der Waals surface area contributed by atoms with Crippen molar-refractivity contribution in [3.8, 4) is 0 Å². The zero-order chi connectivity index (χ0) is 8.10. The molecule has 0 spiro atoms. The molecule has 0 aromatic rings. The van der Waals surface area contributed by atoms with Gasteiger partial charge in [-0.15, -0.1) is 0 Å². The second-order valence-corrected chi connectivity index (χ2v) is 2.75. The predicted molar refractivity (Wildman–Crippen MR) is 42.0 cm³/mol. The highest BCUT2D eigenvalue weighted by molar-refractivity contribution is 5.47. The number of nitrogens with zero attached hydrogens (tertiary/aromatic N) is 1. The summed E-state index contributed by atoms with van der Waals surface area (Å²) < 4.78 is 5.38. The molecule has 3 nitrogen and oxygen atoms in total. The SMILES string of the molecule is CCOC1CCCCN1C=O. The van der Waals surface area contributed by atoms with Crippen LogP contribution in [0.4, 0.5) is 0 Å². The minimum atomic E-state index is 0.0475. The van der Waals surface area contributed by atoms with E-state index in [-0.39, 0.29) is 6.23 Å². The van der Waals surface area contributed by atoms with Gasteiger partial charge in [-0.05, 0) is 26.2 Å². The fourth-order valence-electron chi connectivity index (χ4n) is 1.42. The molecule has 1 heterocycles. The Balaban J connectivity index is 2.37. The van der Waals surface area contributed by atoms with E-state index in [1.807, 2.05) is 6.92 Å². The molecule has 1 saturated heterocycles. The molecule has 0 aromatic carbocycles. The van der Waals surface area contributed by atoms with Crippen LogP contribution in [0.15, 0.2) is 0 Å². The van der Waals surface area contributed by atoms with Gasteiger partial charge < -0.3 is 9.64 Å².